The summed E-state index contributed by atoms with van der Waals surface area (Å²) in [5, 5.41) is 12.8. The summed E-state index contributed by atoms with van der Waals surface area (Å²) in [6.07, 6.45) is 0.361. The lowest BCUT2D eigenvalue weighted by Gasteiger charge is -2.22. The van der Waals surface area contributed by atoms with Crippen LogP contribution in [-0.2, 0) is 40.0 Å². The van der Waals surface area contributed by atoms with Crippen molar-refractivity contribution >= 4 is 29.3 Å². The third-order valence-corrected chi connectivity index (χ3v) is 10.8. The number of amides is 1. The van der Waals surface area contributed by atoms with Gasteiger partial charge in [-0.3, -0.25) is 19.9 Å². The highest BCUT2D eigenvalue weighted by atomic mass is 35.5. The Kier molecular flexibility index (Phi) is 10.9. The number of hydrogen-bond donors (Lipinski definition) is 4. The van der Waals surface area contributed by atoms with Gasteiger partial charge in [0.2, 0.25) is 17.7 Å². The summed E-state index contributed by atoms with van der Waals surface area (Å²) in [5.74, 6) is -0.301. The molecular formula is C39H41ClF3N7O5. The lowest BCUT2D eigenvalue weighted by atomic mass is 9.98. The van der Waals surface area contributed by atoms with Crippen LogP contribution < -0.4 is 30.7 Å². The van der Waals surface area contributed by atoms with Crippen molar-refractivity contribution in [2.45, 2.75) is 75.4 Å². The molecule has 7 rings (SSSR count). The van der Waals surface area contributed by atoms with E-state index in [9.17, 15) is 22.8 Å². The largest absolute Gasteiger partial charge is 0.481 e. The SMILES string of the molecule is COC(=O)C1(NCc2cc(C(F)(F)F)c(N[C@@H]3CCc4c(-c5nccc(-c6ccc(CNC[C@H]7CCC(=O)N7)c(OC)n6)c5Cl)cccc43)nc2OC)CC1. The number of benzene rings is 1. The first kappa shape index (κ1) is 38.3. The molecule has 1 aliphatic heterocycles. The number of ether oxygens (including phenoxy) is 3. The van der Waals surface area contributed by atoms with Gasteiger partial charge >= 0.3 is 12.1 Å². The number of pyridine rings is 3. The van der Waals surface area contributed by atoms with Crippen molar-refractivity contribution < 1.29 is 37.0 Å². The molecule has 55 heavy (non-hydrogen) atoms. The summed E-state index contributed by atoms with van der Waals surface area (Å²) < 4.78 is 59.5. The van der Waals surface area contributed by atoms with Crippen molar-refractivity contribution in [3.63, 3.8) is 0 Å². The number of carbonyl (C=O) groups excluding carboxylic acids is 2. The first-order valence-electron chi connectivity index (χ1n) is 18.0. The van der Waals surface area contributed by atoms with Gasteiger partial charge in [-0.05, 0) is 61.4 Å². The molecule has 0 spiro atoms. The van der Waals surface area contributed by atoms with E-state index in [1.54, 1.807) is 19.4 Å². The molecule has 2 fully saturated rings. The van der Waals surface area contributed by atoms with Crippen LogP contribution in [0.25, 0.3) is 22.5 Å². The fourth-order valence-electron chi connectivity index (χ4n) is 7.37. The molecule has 4 N–H and O–H groups in total. The van der Waals surface area contributed by atoms with Gasteiger partial charge in [0.1, 0.15) is 11.4 Å². The van der Waals surface area contributed by atoms with Gasteiger partial charge in [0.05, 0.1) is 49.3 Å². The number of rotatable bonds is 14. The molecule has 1 saturated carbocycles. The molecule has 16 heteroatoms. The zero-order valence-corrected chi connectivity index (χ0v) is 31.3. The average molecular weight is 780 g/mol. The molecule has 2 aliphatic carbocycles. The summed E-state index contributed by atoms with van der Waals surface area (Å²) in [4.78, 5) is 37.4. The van der Waals surface area contributed by atoms with Crippen molar-refractivity contribution in [1.82, 2.24) is 30.9 Å². The molecule has 1 saturated heterocycles. The van der Waals surface area contributed by atoms with E-state index in [2.05, 4.69) is 31.2 Å². The molecule has 3 aromatic heterocycles. The zero-order valence-electron chi connectivity index (χ0n) is 30.5. The predicted molar refractivity (Wildman–Crippen MR) is 199 cm³/mol. The summed E-state index contributed by atoms with van der Waals surface area (Å²) in [6, 6.07) is 11.8. The lowest BCUT2D eigenvalue weighted by Crippen LogP contribution is -2.39. The number of aromatic nitrogens is 3. The molecule has 1 aromatic carbocycles. The minimum atomic E-state index is -4.73. The molecule has 2 atom stereocenters. The monoisotopic (exact) mass is 779 g/mol. The molecule has 1 amide bonds. The van der Waals surface area contributed by atoms with Gasteiger partial charge in [-0.15, -0.1) is 0 Å². The van der Waals surface area contributed by atoms with Crippen LogP contribution in [0.4, 0.5) is 19.0 Å². The van der Waals surface area contributed by atoms with Crippen LogP contribution in [0.15, 0.2) is 48.7 Å². The molecule has 12 nitrogen and oxygen atoms in total. The fraction of sp³-hybridized carbons (Fsp3) is 0.410. The predicted octanol–water partition coefficient (Wildman–Crippen LogP) is 6.16. The van der Waals surface area contributed by atoms with E-state index in [-0.39, 0.29) is 35.8 Å². The smallest absolute Gasteiger partial charge is 0.419 e. The number of methoxy groups -OCH3 is 3. The topological polar surface area (TPSA) is 149 Å². The molecule has 4 aromatic rings. The first-order chi connectivity index (χ1) is 26.4. The Morgan fingerprint density at radius 1 is 0.982 bits per heavy atom. The second-order valence-electron chi connectivity index (χ2n) is 13.9. The van der Waals surface area contributed by atoms with E-state index in [1.165, 1.54) is 14.2 Å². The molecule has 3 aliphatic rings. The van der Waals surface area contributed by atoms with E-state index in [0.29, 0.717) is 73.0 Å². The fourth-order valence-corrected chi connectivity index (χ4v) is 7.68. The third-order valence-electron chi connectivity index (χ3n) is 10.4. The van der Waals surface area contributed by atoms with E-state index in [1.807, 2.05) is 30.3 Å². The van der Waals surface area contributed by atoms with Crippen molar-refractivity contribution in [2.24, 2.45) is 0 Å². The highest BCUT2D eigenvalue weighted by Gasteiger charge is 2.51. The Morgan fingerprint density at radius 3 is 2.45 bits per heavy atom. The van der Waals surface area contributed by atoms with Gasteiger partial charge in [0.25, 0.3) is 0 Å². The average Bonchev–Trinajstić information content (AvgIpc) is 3.69. The first-order valence-corrected chi connectivity index (χ1v) is 18.4. The van der Waals surface area contributed by atoms with Crippen molar-refractivity contribution in [1.29, 1.82) is 0 Å². The van der Waals surface area contributed by atoms with Gasteiger partial charge in [-0.2, -0.15) is 18.2 Å². The third kappa shape index (κ3) is 7.91. The van der Waals surface area contributed by atoms with Crippen LogP contribution in [0.1, 0.15) is 66.0 Å². The van der Waals surface area contributed by atoms with Crippen LogP contribution >= 0.6 is 11.6 Å². The Morgan fingerprint density at radius 2 is 1.76 bits per heavy atom. The minimum Gasteiger partial charge on any atom is -0.481 e. The molecular weight excluding hydrogens is 739 g/mol. The summed E-state index contributed by atoms with van der Waals surface area (Å²) in [7, 11) is 4.17. The van der Waals surface area contributed by atoms with Crippen molar-refractivity contribution in [2.75, 3.05) is 33.2 Å². The summed E-state index contributed by atoms with van der Waals surface area (Å²) >= 11 is 7.07. The van der Waals surface area contributed by atoms with Gasteiger partial charge in [-0.25, -0.2) is 4.98 Å². The van der Waals surface area contributed by atoms with E-state index in [4.69, 9.17) is 30.8 Å². The zero-order chi connectivity index (χ0) is 38.9. The number of hydrogen-bond acceptors (Lipinski definition) is 11. The highest BCUT2D eigenvalue weighted by Crippen LogP contribution is 2.45. The van der Waals surface area contributed by atoms with Gasteiger partial charge in [-0.1, -0.05) is 35.9 Å². The van der Waals surface area contributed by atoms with Crippen LogP contribution in [0, 0.1) is 0 Å². The van der Waals surface area contributed by atoms with Gasteiger partial charge in [0, 0.05) is 60.5 Å². The second kappa shape index (κ2) is 15.6. The van der Waals surface area contributed by atoms with Crippen molar-refractivity contribution in [3.05, 3.63) is 81.5 Å². The molecule has 4 heterocycles. The molecule has 290 valence electrons. The number of nitrogens with zero attached hydrogens (tertiary/aromatic N) is 3. The Labute approximate surface area is 320 Å². The number of fused-ring (bicyclic) bond motifs is 1. The number of nitrogens with one attached hydrogen (secondary N) is 4. The highest BCUT2D eigenvalue weighted by molar-refractivity contribution is 6.35. The summed E-state index contributed by atoms with van der Waals surface area (Å²) in [6.45, 7) is 1.06. The van der Waals surface area contributed by atoms with E-state index in [0.717, 1.165) is 34.7 Å². The van der Waals surface area contributed by atoms with Crippen molar-refractivity contribution in [3.8, 4) is 34.3 Å². The maximum atomic E-state index is 14.5. The van der Waals surface area contributed by atoms with Gasteiger partial charge in [0.15, 0.2) is 0 Å². The molecule has 0 radical (unpaired) electrons. The standard InChI is InChI=1S/C39H41ClF3N7O5/c1-53-35-21(18-44-20-23-8-12-31(51)47-23)7-10-30(49-35)27-13-16-45-33(32(27)40)26-6-4-5-25-24(26)9-11-29(25)48-34-28(39(41,42)43)17-22(36(50-34)54-2)19-46-38(14-15-38)37(52)55-3/h4-7,10,13,16-17,23,29,44,46H,8-9,11-12,14-15,18-20H2,1-3H3,(H,47,51)(H,48,50)/t23-,29-/m1/s1. The van der Waals surface area contributed by atoms with Crippen LogP contribution in [0.3, 0.4) is 0 Å². The minimum absolute atomic E-state index is 0.0111. The van der Waals surface area contributed by atoms with E-state index >= 15 is 0 Å². The summed E-state index contributed by atoms with van der Waals surface area (Å²) in [5.41, 5.74) is 3.39. The van der Waals surface area contributed by atoms with Gasteiger partial charge < -0.3 is 30.2 Å². The van der Waals surface area contributed by atoms with Crippen LogP contribution in [0.5, 0.6) is 11.8 Å². The normalized spacial score (nSPS) is 18.4. The molecule has 0 bridgehead atoms. The Bertz CT molecular complexity index is 2110. The number of carbonyl (C=O) groups is 2. The lowest BCUT2D eigenvalue weighted by molar-refractivity contribution is -0.144. The maximum Gasteiger partial charge on any atom is 0.419 e. The van der Waals surface area contributed by atoms with E-state index < -0.39 is 29.3 Å². The number of anilines is 1. The second-order valence-corrected chi connectivity index (χ2v) is 14.3. The number of alkyl halides is 3. The number of halogens is 4. The van der Waals surface area contributed by atoms with Crippen LogP contribution in [0.2, 0.25) is 5.02 Å². The molecule has 0 unspecified atom stereocenters. The number of esters is 1. The Balaban J connectivity index is 1.12. The van der Waals surface area contributed by atoms with Crippen LogP contribution in [-0.4, -0.2) is 66.3 Å². The Hall–Kier alpha value is -4.99. The maximum absolute atomic E-state index is 14.5. The quantitative estimate of drug-likeness (QED) is 0.109.